The molecule has 1 aliphatic rings. The van der Waals surface area contributed by atoms with Gasteiger partial charge in [-0.2, -0.15) is 6.08 Å². The molecule has 0 aromatic carbocycles. The molecule has 0 aliphatic heterocycles. The molecule has 0 saturated carbocycles. The van der Waals surface area contributed by atoms with Crippen LogP contribution in [0.4, 0.5) is 0 Å². The van der Waals surface area contributed by atoms with Crippen LogP contribution in [0.25, 0.3) is 0 Å². The van der Waals surface area contributed by atoms with Gasteiger partial charge in [0, 0.05) is 0 Å². The SMILES string of the molecule is NC=CCC1=[C-]CC=C1.[Li+]. The fourth-order valence-corrected chi connectivity index (χ4v) is 0.785. The van der Waals surface area contributed by atoms with Gasteiger partial charge >= 0.3 is 18.9 Å². The van der Waals surface area contributed by atoms with Gasteiger partial charge in [-0.3, -0.25) is 6.08 Å². The molecule has 0 atom stereocenters. The maximum absolute atomic E-state index is 5.16. The molecule has 10 heavy (non-hydrogen) atoms. The molecular formula is C8H10LiN. The Labute approximate surface area is 73.9 Å². The van der Waals surface area contributed by atoms with Crippen LogP contribution in [-0.2, 0) is 0 Å². The summed E-state index contributed by atoms with van der Waals surface area (Å²) in [5.41, 5.74) is 6.41. The van der Waals surface area contributed by atoms with Gasteiger partial charge in [-0.1, -0.05) is 6.08 Å². The van der Waals surface area contributed by atoms with Crippen molar-refractivity contribution in [2.45, 2.75) is 12.8 Å². The quantitative estimate of drug-likeness (QED) is 0.356. The number of allylic oxidation sites excluding steroid dienone is 5. The molecule has 0 saturated heterocycles. The molecule has 2 heteroatoms. The van der Waals surface area contributed by atoms with Crippen molar-refractivity contribution in [2.24, 2.45) is 5.73 Å². The Balaban J connectivity index is 0.000000810. The minimum Gasteiger partial charge on any atom is -0.405 e. The first kappa shape index (κ1) is 9.62. The van der Waals surface area contributed by atoms with E-state index < -0.39 is 0 Å². The van der Waals surface area contributed by atoms with Crippen molar-refractivity contribution in [3.05, 3.63) is 36.1 Å². The molecular weight excluding hydrogens is 117 g/mol. The van der Waals surface area contributed by atoms with Gasteiger partial charge in [-0.05, 0) is 12.6 Å². The van der Waals surface area contributed by atoms with Gasteiger partial charge in [0.25, 0.3) is 0 Å². The van der Waals surface area contributed by atoms with Crippen LogP contribution in [0.2, 0.25) is 0 Å². The van der Waals surface area contributed by atoms with Crippen molar-refractivity contribution in [1.29, 1.82) is 0 Å². The zero-order chi connectivity index (χ0) is 6.53. The first-order valence-corrected chi connectivity index (χ1v) is 3.06. The molecule has 0 bridgehead atoms. The van der Waals surface area contributed by atoms with Crippen molar-refractivity contribution in [2.75, 3.05) is 0 Å². The molecule has 1 rings (SSSR count). The van der Waals surface area contributed by atoms with Gasteiger partial charge in [-0.25, -0.2) is 11.6 Å². The standard InChI is InChI=1S/C8H10N.Li/c9-7-3-6-8-4-1-2-5-8;/h1,3-4,7H,2,6,9H2;/q-1;+1. The summed E-state index contributed by atoms with van der Waals surface area (Å²) >= 11 is 0. The number of rotatable bonds is 2. The summed E-state index contributed by atoms with van der Waals surface area (Å²) in [6, 6.07) is 0. The van der Waals surface area contributed by atoms with Crippen LogP contribution in [0.5, 0.6) is 0 Å². The first-order valence-electron chi connectivity index (χ1n) is 3.06. The van der Waals surface area contributed by atoms with E-state index in [-0.39, 0.29) is 18.9 Å². The number of hydrogen-bond donors (Lipinski definition) is 1. The largest absolute Gasteiger partial charge is 1.00 e. The van der Waals surface area contributed by atoms with Crippen LogP contribution >= 0.6 is 0 Å². The Morgan fingerprint density at radius 1 is 1.70 bits per heavy atom. The molecule has 0 unspecified atom stereocenters. The Morgan fingerprint density at radius 3 is 3.00 bits per heavy atom. The molecule has 0 aromatic heterocycles. The van der Waals surface area contributed by atoms with E-state index in [1.165, 1.54) is 5.57 Å². The Hall–Kier alpha value is -0.383. The Bertz CT molecular complexity index is 168. The van der Waals surface area contributed by atoms with E-state index in [1.807, 2.05) is 6.08 Å². The molecule has 1 nitrogen and oxygen atoms in total. The third-order valence-electron chi connectivity index (χ3n) is 1.24. The first-order chi connectivity index (χ1) is 4.43. The van der Waals surface area contributed by atoms with Crippen LogP contribution in [-0.4, -0.2) is 0 Å². The topological polar surface area (TPSA) is 26.0 Å². The van der Waals surface area contributed by atoms with Crippen LogP contribution in [0.3, 0.4) is 0 Å². The predicted octanol–water partition coefficient (Wildman–Crippen LogP) is -1.46. The normalized spacial score (nSPS) is 15.4. The van der Waals surface area contributed by atoms with E-state index in [1.54, 1.807) is 6.20 Å². The summed E-state index contributed by atoms with van der Waals surface area (Å²) in [5.74, 6) is 0. The van der Waals surface area contributed by atoms with E-state index in [0.717, 1.165) is 12.8 Å². The molecule has 48 valence electrons. The van der Waals surface area contributed by atoms with Crippen molar-refractivity contribution in [3.8, 4) is 0 Å². The zero-order valence-electron chi connectivity index (χ0n) is 6.30. The predicted molar refractivity (Wildman–Crippen MR) is 38.5 cm³/mol. The minimum absolute atomic E-state index is 0. The molecule has 2 N–H and O–H groups in total. The molecule has 0 aromatic rings. The van der Waals surface area contributed by atoms with Gasteiger partial charge < -0.3 is 5.73 Å². The van der Waals surface area contributed by atoms with Crippen molar-refractivity contribution >= 4 is 0 Å². The summed E-state index contributed by atoms with van der Waals surface area (Å²) in [6.45, 7) is 0. The van der Waals surface area contributed by atoms with Gasteiger partial charge in [0.2, 0.25) is 0 Å². The maximum atomic E-state index is 5.16. The number of hydrogen-bond acceptors (Lipinski definition) is 1. The molecule has 0 radical (unpaired) electrons. The fraction of sp³-hybridized carbons (Fsp3) is 0.250. The fourth-order valence-electron chi connectivity index (χ4n) is 0.785. The van der Waals surface area contributed by atoms with Crippen LogP contribution in [0, 0.1) is 6.08 Å². The average Bonchev–Trinajstić information content (AvgIpc) is 2.34. The summed E-state index contributed by atoms with van der Waals surface area (Å²) < 4.78 is 0. The Morgan fingerprint density at radius 2 is 2.50 bits per heavy atom. The van der Waals surface area contributed by atoms with E-state index in [0.29, 0.717) is 0 Å². The second-order valence-corrected chi connectivity index (χ2v) is 1.94. The van der Waals surface area contributed by atoms with Crippen molar-refractivity contribution in [1.82, 2.24) is 0 Å². The smallest absolute Gasteiger partial charge is 0.405 e. The second-order valence-electron chi connectivity index (χ2n) is 1.94. The number of nitrogens with two attached hydrogens (primary N) is 1. The van der Waals surface area contributed by atoms with Gasteiger partial charge in [0.15, 0.2) is 0 Å². The third kappa shape index (κ3) is 2.96. The van der Waals surface area contributed by atoms with Gasteiger partial charge in [-0.15, -0.1) is 6.42 Å². The molecule has 0 fully saturated rings. The second kappa shape index (κ2) is 5.41. The van der Waals surface area contributed by atoms with Gasteiger partial charge in [0.05, 0.1) is 0 Å². The van der Waals surface area contributed by atoms with E-state index in [2.05, 4.69) is 18.2 Å². The molecule has 0 heterocycles. The third-order valence-corrected chi connectivity index (χ3v) is 1.24. The van der Waals surface area contributed by atoms with Crippen LogP contribution in [0.15, 0.2) is 30.0 Å². The molecule has 0 spiro atoms. The maximum Gasteiger partial charge on any atom is 1.00 e. The van der Waals surface area contributed by atoms with Crippen molar-refractivity contribution in [3.63, 3.8) is 0 Å². The van der Waals surface area contributed by atoms with Crippen LogP contribution < -0.4 is 24.6 Å². The summed E-state index contributed by atoms with van der Waals surface area (Å²) in [5, 5.41) is 0. The zero-order valence-corrected chi connectivity index (χ0v) is 6.30. The summed E-state index contributed by atoms with van der Waals surface area (Å²) in [6.07, 6.45) is 12.8. The van der Waals surface area contributed by atoms with Gasteiger partial charge in [0.1, 0.15) is 0 Å². The molecule has 1 aliphatic carbocycles. The minimum atomic E-state index is 0. The summed E-state index contributed by atoms with van der Waals surface area (Å²) in [7, 11) is 0. The van der Waals surface area contributed by atoms with Crippen molar-refractivity contribution < 1.29 is 18.9 Å². The Kier molecular flexibility index (Phi) is 5.20. The van der Waals surface area contributed by atoms with Crippen LogP contribution in [0.1, 0.15) is 12.8 Å². The van der Waals surface area contributed by atoms with E-state index >= 15 is 0 Å². The van der Waals surface area contributed by atoms with E-state index in [4.69, 9.17) is 5.73 Å². The van der Waals surface area contributed by atoms with E-state index in [9.17, 15) is 0 Å². The average molecular weight is 127 g/mol. The monoisotopic (exact) mass is 127 g/mol. The molecule has 0 amide bonds. The summed E-state index contributed by atoms with van der Waals surface area (Å²) in [4.78, 5) is 0.